The fourth-order valence-corrected chi connectivity index (χ4v) is 6.33. The normalized spacial score (nSPS) is 53.0. The predicted octanol–water partition coefficient (Wildman–Crippen LogP) is -0.0722. The third-order valence-corrected chi connectivity index (χ3v) is 8.41. The minimum atomic E-state index is -1.45. The highest BCUT2D eigenvalue weighted by Gasteiger charge is 2.64. The van der Waals surface area contributed by atoms with Crippen molar-refractivity contribution in [3.63, 3.8) is 0 Å². The summed E-state index contributed by atoms with van der Waals surface area (Å²) in [6, 6.07) is 0. The SMILES string of the molecule is CC(C)(O[C@H]1O[C@H](CO)[C@H](O)[C@@H](O)[C@H]1O)[C@@H]1CC[C@@]23CO[C@@](C)(CC[C@H]2O)[C@H]3C1. The van der Waals surface area contributed by atoms with Gasteiger partial charge in [0.15, 0.2) is 6.29 Å². The average molecular weight is 417 g/mol. The highest BCUT2D eigenvalue weighted by Crippen LogP contribution is 2.62. The van der Waals surface area contributed by atoms with Gasteiger partial charge in [-0.1, -0.05) is 0 Å². The molecule has 0 aromatic heterocycles. The summed E-state index contributed by atoms with van der Waals surface area (Å²) >= 11 is 0. The van der Waals surface area contributed by atoms with Crippen molar-refractivity contribution < 1.29 is 39.7 Å². The number of hydrogen-bond donors (Lipinski definition) is 5. The molecular formula is C21H36O8. The van der Waals surface area contributed by atoms with E-state index in [1.165, 1.54) is 0 Å². The van der Waals surface area contributed by atoms with Gasteiger partial charge in [0, 0.05) is 5.41 Å². The topological polar surface area (TPSA) is 129 Å². The molecule has 29 heavy (non-hydrogen) atoms. The fourth-order valence-electron chi connectivity index (χ4n) is 6.33. The van der Waals surface area contributed by atoms with E-state index in [0.29, 0.717) is 6.61 Å². The minimum absolute atomic E-state index is 0.152. The Bertz CT molecular complexity index is 611. The van der Waals surface area contributed by atoms with Gasteiger partial charge in [-0.2, -0.15) is 0 Å². The molecule has 2 heterocycles. The summed E-state index contributed by atoms with van der Waals surface area (Å²) in [5, 5.41) is 50.5. The average Bonchev–Trinajstić information content (AvgIpc) is 2.93. The zero-order valence-electron chi connectivity index (χ0n) is 17.5. The van der Waals surface area contributed by atoms with Crippen LogP contribution in [0.5, 0.6) is 0 Å². The van der Waals surface area contributed by atoms with Gasteiger partial charge in [0.1, 0.15) is 24.4 Å². The van der Waals surface area contributed by atoms with Crippen LogP contribution in [-0.4, -0.2) is 86.8 Å². The van der Waals surface area contributed by atoms with Crippen molar-refractivity contribution >= 4 is 0 Å². The monoisotopic (exact) mass is 416 g/mol. The number of aliphatic hydroxyl groups is 5. The Hall–Kier alpha value is -0.320. The Balaban J connectivity index is 1.49. The molecule has 4 fully saturated rings. The van der Waals surface area contributed by atoms with Crippen molar-refractivity contribution in [2.24, 2.45) is 17.3 Å². The lowest BCUT2D eigenvalue weighted by atomic mass is 9.52. The van der Waals surface area contributed by atoms with Gasteiger partial charge in [0.2, 0.25) is 0 Å². The zero-order chi connectivity index (χ0) is 21.2. The first kappa shape index (κ1) is 21.9. The minimum Gasteiger partial charge on any atom is -0.394 e. The second-order valence-corrected chi connectivity index (χ2v) is 10.3. The molecule has 2 bridgehead atoms. The third kappa shape index (κ3) is 3.36. The van der Waals surface area contributed by atoms with Crippen LogP contribution in [0.25, 0.3) is 0 Å². The molecule has 0 radical (unpaired) electrons. The van der Waals surface area contributed by atoms with E-state index in [-0.39, 0.29) is 29.0 Å². The number of ether oxygens (including phenoxy) is 3. The Morgan fingerprint density at radius 2 is 1.76 bits per heavy atom. The maximum Gasteiger partial charge on any atom is 0.187 e. The number of aliphatic hydroxyl groups excluding tert-OH is 5. The van der Waals surface area contributed by atoms with E-state index in [4.69, 9.17) is 14.2 Å². The molecule has 2 aliphatic heterocycles. The van der Waals surface area contributed by atoms with E-state index in [0.717, 1.165) is 32.1 Å². The van der Waals surface area contributed by atoms with Gasteiger partial charge >= 0.3 is 0 Å². The van der Waals surface area contributed by atoms with Gasteiger partial charge in [-0.25, -0.2) is 0 Å². The molecule has 0 amide bonds. The van der Waals surface area contributed by atoms with Crippen molar-refractivity contribution in [3.8, 4) is 0 Å². The molecule has 5 N–H and O–H groups in total. The Morgan fingerprint density at radius 1 is 1.03 bits per heavy atom. The molecule has 0 aromatic carbocycles. The summed E-state index contributed by atoms with van der Waals surface area (Å²) < 4.78 is 17.9. The van der Waals surface area contributed by atoms with Crippen LogP contribution >= 0.6 is 0 Å². The molecule has 2 saturated heterocycles. The van der Waals surface area contributed by atoms with E-state index < -0.39 is 42.9 Å². The van der Waals surface area contributed by atoms with Crippen LogP contribution < -0.4 is 0 Å². The fraction of sp³-hybridized carbons (Fsp3) is 1.00. The van der Waals surface area contributed by atoms with E-state index >= 15 is 0 Å². The molecule has 10 atom stereocenters. The first-order chi connectivity index (χ1) is 13.5. The second kappa shape index (κ2) is 7.38. The van der Waals surface area contributed by atoms with Crippen LogP contribution in [0.3, 0.4) is 0 Å². The van der Waals surface area contributed by atoms with Gasteiger partial charge in [-0.3, -0.25) is 0 Å². The van der Waals surface area contributed by atoms with Crippen LogP contribution in [0.15, 0.2) is 0 Å². The summed E-state index contributed by atoms with van der Waals surface area (Å²) in [6.07, 6.45) is -2.52. The molecule has 0 aromatic rings. The van der Waals surface area contributed by atoms with Crippen molar-refractivity contribution in [3.05, 3.63) is 0 Å². The lowest BCUT2D eigenvalue weighted by molar-refractivity contribution is -0.330. The van der Waals surface area contributed by atoms with Crippen LogP contribution in [0, 0.1) is 17.3 Å². The molecule has 0 unspecified atom stereocenters. The Labute approximate surface area is 171 Å². The summed E-state index contributed by atoms with van der Waals surface area (Å²) in [5.41, 5.74) is -1.08. The van der Waals surface area contributed by atoms with E-state index in [1.54, 1.807) is 0 Å². The molecule has 2 aliphatic carbocycles. The van der Waals surface area contributed by atoms with Crippen LogP contribution in [0.1, 0.15) is 52.9 Å². The molecule has 0 spiro atoms. The number of rotatable bonds is 4. The summed E-state index contributed by atoms with van der Waals surface area (Å²) in [6.45, 7) is 6.17. The molecule has 8 heteroatoms. The lowest BCUT2D eigenvalue weighted by Crippen LogP contribution is -2.61. The van der Waals surface area contributed by atoms with Gasteiger partial charge in [-0.05, 0) is 64.7 Å². The van der Waals surface area contributed by atoms with E-state index in [1.807, 2.05) is 13.8 Å². The third-order valence-electron chi connectivity index (χ3n) is 8.41. The molecule has 8 nitrogen and oxygen atoms in total. The van der Waals surface area contributed by atoms with Gasteiger partial charge in [-0.15, -0.1) is 0 Å². The summed E-state index contributed by atoms with van der Waals surface area (Å²) in [5.74, 6) is 0.398. The smallest absolute Gasteiger partial charge is 0.187 e. The lowest BCUT2D eigenvalue weighted by Gasteiger charge is -2.54. The Morgan fingerprint density at radius 3 is 2.45 bits per heavy atom. The van der Waals surface area contributed by atoms with Gasteiger partial charge in [0.05, 0.1) is 30.5 Å². The van der Waals surface area contributed by atoms with Gasteiger partial charge < -0.3 is 39.7 Å². The maximum atomic E-state index is 10.8. The maximum absolute atomic E-state index is 10.8. The zero-order valence-corrected chi connectivity index (χ0v) is 17.5. The van der Waals surface area contributed by atoms with Crippen molar-refractivity contribution in [1.29, 1.82) is 0 Å². The van der Waals surface area contributed by atoms with Crippen LogP contribution in [-0.2, 0) is 14.2 Å². The van der Waals surface area contributed by atoms with E-state index in [9.17, 15) is 25.5 Å². The highest BCUT2D eigenvalue weighted by molar-refractivity contribution is 5.13. The quantitative estimate of drug-likeness (QED) is 0.431. The van der Waals surface area contributed by atoms with Crippen LogP contribution in [0.2, 0.25) is 0 Å². The van der Waals surface area contributed by atoms with Crippen LogP contribution in [0.4, 0.5) is 0 Å². The van der Waals surface area contributed by atoms with Crippen molar-refractivity contribution in [2.75, 3.05) is 13.2 Å². The highest BCUT2D eigenvalue weighted by atomic mass is 16.7. The standard InChI is InChI=1S/C21H36O8/c1-19(2,29-18-17(26)16(25)15(24)12(9-22)28-18)11-4-7-21-10-27-20(3,13(21)8-11)6-5-14(21)23/h11-18,22-26H,4-10H2,1-3H3/t11-,12-,13-,14-,15+,16-,17-,18-,20+,21+/m1/s1. The molecular weight excluding hydrogens is 380 g/mol. The van der Waals surface area contributed by atoms with E-state index in [2.05, 4.69) is 6.92 Å². The molecule has 4 rings (SSSR count). The molecule has 168 valence electrons. The first-order valence-corrected chi connectivity index (χ1v) is 10.8. The predicted molar refractivity (Wildman–Crippen MR) is 102 cm³/mol. The van der Waals surface area contributed by atoms with Crippen molar-refractivity contribution in [2.45, 2.75) is 101 Å². The summed E-state index contributed by atoms with van der Waals surface area (Å²) in [4.78, 5) is 0. The largest absolute Gasteiger partial charge is 0.394 e. The van der Waals surface area contributed by atoms with Crippen molar-refractivity contribution in [1.82, 2.24) is 0 Å². The number of hydrogen-bond acceptors (Lipinski definition) is 8. The summed E-state index contributed by atoms with van der Waals surface area (Å²) in [7, 11) is 0. The molecule has 4 aliphatic rings. The first-order valence-electron chi connectivity index (χ1n) is 10.8. The Kier molecular flexibility index (Phi) is 5.57. The molecule has 2 saturated carbocycles. The second-order valence-electron chi connectivity index (χ2n) is 10.3. The van der Waals surface area contributed by atoms with Gasteiger partial charge in [0.25, 0.3) is 0 Å².